The first-order valence-corrected chi connectivity index (χ1v) is 15.1. The molecule has 2 heterocycles. The van der Waals surface area contributed by atoms with E-state index < -0.39 is 0 Å². The van der Waals surface area contributed by atoms with Gasteiger partial charge in [-0.15, -0.1) is 0 Å². The summed E-state index contributed by atoms with van der Waals surface area (Å²) in [6, 6.07) is 44.1. The minimum Gasteiger partial charge on any atom is -0.487 e. The quantitative estimate of drug-likeness (QED) is 0.183. The summed E-state index contributed by atoms with van der Waals surface area (Å²) in [6.07, 6.45) is 1.25. The first-order valence-electron chi connectivity index (χ1n) is 15.1. The van der Waals surface area contributed by atoms with Gasteiger partial charge in [-0.1, -0.05) is 123 Å². The molecule has 0 radical (unpaired) electrons. The van der Waals surface area contributed by atoms with Crippen molar-refractivity contribution >= 4 is 0 Å². The van der Waals surface area contributed by atoms with Gasteiger partial charge in [0.15, 0.2) is 0 Å². The molecule has 0 bridgehead atoms. The van der Waals surface area contributed by atoms with Gasteiger partial charge < -0.3 is 9.47 Å². The fourth-order valence-electron chi connectivity index (χ4n) is 6.64. The molecule has 212 valence electrons. The van der Waals surface area contributed by atoms with Crippen molar-refractivity contribution < 1.29 is 9.47 Å². The zero-order chi connectivity index (χ0) is 28.0. The standard InChI is InChI=1S/C37H42N2O2/c1-28(2)23-32(27-40-26-29-15-7-3-8-16-29)38-24-34(36(38)30-17-9-4-10-18-30)39-25-35(41-33-21-13-6-14-22-33)37(39)31-19-11-5-12-20-31/h3-22,28,32,34-37H,23-27H2,1-2H3/t32-,34+,35-,36+,37-/m0/s1. The van der Waals surface area contributed by atoms with Crippen molar-refractivity contribution in [1.29, 1.82) is 0 Å². The Kier molecular flexibility index (Phi) is 8.81. The van der Waals surface area contributed by atoms with E-state index in [-0.39, 0.29) is 12.1 Å². The van der Waals surface area contributed by atoms with Gasteiger partial charge >= 0.3 is 0 Å². The maximum absolute atomic E-state index is 6.55. The molecule has 41 heavy (non-hydrogen) atoms. The van der Waals surface area contributed by atoms with Crippen LogP contribution in [-0.4, -0.2) is 47.7 Å². The van der Waals surface area contributed by atoms with Crippen molar-refractivity contribution in [2.45, 2.75) is 57.1 Å². The lowest BCUT2D eigenvalue weighted by Crippen LogP contribution is -2.71. The predicted octanol–water partition coefficient (Wildman–Crippen LogP) is 7.55. The summed E-state index contributed by atoms with van der Waals surface area (Å²) in [7, 11) is 0. The van der Waals surface area contributed by atoms with Gasteiger partial charge in [0.05, 0.1) is 25.3 Å². The van der Waals surface area contributed by atoms with Crippen LogP contribution in [0.3, 0.4) is 0 Å². The van der Waals surface area contributed by atoms with Crippen LogP contribution in [0.5, 0.6) is 5.75 Å². The highest BCUT2D eigenvalue weighted by atomic mass is 16.5. The highest BCUT2D eigenvalue weighted by molar-refractivity contribution is 5.31. The molecular weight excluding hydrogens is 504 g/mol. The number of benzene rings is 4. The summed E-state index contributed by atoms with van der Waals surface area (Å²) in [4.78, 5) is 5.40. The van der Waals surface area contributed by atoms with Crippen molar-refractivity contribution in [3.63, 3.8) is 0 Å². The van der Waals surface area contributed by atoms with Crippen molar-refractivity contribution in [3.05, 3.63) is 138 Å². The Labute approximate surface area is 245 Å². The van der Waals surface area contributed by atoms with Gasteiger partial charge in [-0.25, -0.2) is 0 Å². The lowest BCUT2D eigenvalue weighted by Gasteiger charge is -2.62. The molecule has 4 aromatic rings. The number of rotatable bonds is 12. The average molecular weight is 547 g/mol. The molecule has 4 nitrogen and oxygen atoms in total. The molecule has 2 saturated heterocycles. The molecule has 2 aliphatic rings. The number of hydrogen-bond donors (Lipinski definition) is 0. The minimum absolute atomic E-state index is 0.131. The van der Waals surface area contributed by atoms with Gasteiger partial charge in [0, 0.05) is 25.2 Å². The Morgan fingerprint density at radius 1 is 0.683 bits per heavy atom. The molecule has 4 aromatic carbocycles. The van der Waals surface area contributed by atoms with Crippen LogP contribution in [0.1, 0.15) is 49.0 Å². The molecule has 0 aromatic heterocycles. The van der Waals surface area contributed by atoms with E-state index in [4.69, 9.17) is 9.47 Å². The SMILES string of the molecule is CC(C)C[C@@H](COCc1ccccc1)N1C[C@@H](N2C[C@H](Oc3ccccc3)[C@@H]2c2ccccc2)[C@H]1c1ccccc1. The second-order valence-corrected chi connectivity index (χ2v) is 11.9. The van der Waals surface area contributed by atoms with E-state index in [2.05, 4.69) is 127 Å². The normalized spacial score (nSPS) is 23.5. The fraction of sp³-hybridized carbons (Fsp3) is 0.351. The van der Waals surface area contributed by atoms with Crippen molar-refractivity contribution in [3.8, 4) is 5.75 Å². The molecule has 4 heteroatoms. The topological polar surface area (TPSA) is 24.9 Å². The molecule has 2 fully saturated rings. The zero-order valence-corrected chi connectivity index (χ0v) is 24.3. The number of likely N-dealkylation sites (tertiary alicyclic amines) is 2. The Hall–Kier alpha value is -3.44. The third kappa shape index (κ3) is 6.41. The Morgan fingerprint density at radius 2 is 1.24 bits per heavy atom. The van der Waals surface area contributed by atoms with Crippen LogP contribution in [0.25, 0.3) is 0 Å². The van der Waals surface area contributed by atoms with Gasteiger partial charge in [0.25, 0.3) is 0 Å². The van der Waals surface area contributed by atoms with E-state index in [9.17, 15) is 0 Å². The predicted molar refractivity (Wildman–Crippen MR) is 166 cm³/mol. The smallest absolute Gasteiger partial charge is 0.131 e. The maximum atomic E-state index is 6.55. The molecule has 0 N–H and O–H groups in total. The van der Waals surface area contributed by atoms with Crippen LogP contribution < -0.4 is 4.74 Å². The molecule has 0 saturated carbocycles. The highest BCUT2D eigenvalue weighted by Gasteiger charge is 2.54. The third-order valence-corrected chi connectivity index (χ3v) is 8.59. The van der Waals surface area contributed by atoms with Crippen LogP contribution in [0.2, 0.25) is 0 Å². The summed E-state index contributed by atoms with van der Waals surface area (Å²) < 4.78 is 12.9. The summed E-state index contributed by atoms with van der Waals surface area (Å²) in [5, 5.41) is 0. The minimum atomic E-state index is 0.131. The molecule has 0 amide bonds. The summed E-state index contributed by atoms with van der Waals surface area (Å²) >= 11 is 0. The second kappa shape index (κ2) is 13.0. The Bertz CT molecular complexity index is 1330. The highest BCUT2D eigenvalue weighted by Crippen LogP contribution is 2.47. The van der Waals surface area contributed by atoms with Crippen molar-refractivity contribution in [2.24, 2.45) is 5.92 Å². The molecule has 6 rings (SSSR count). The number of para-hydroxylation sites is 1. The van der Waals surface area contributed by atoms with E-state index in [1.807, 2.05) is 18.2 Å². The van der Waals surface area contributed by atoms with E-state index in [0.29, 0.717) is 30.7 Å². The average Bonchev–Trinajstić information content (AvgIpc) is 2.97. The first kappa shape index (κ1) is 27.7. The number of ether oxygens (including phenoxy) is 2. The molecule has 0 unspecified atom stereocenters. The van der Waals surface area contributed by atoms with Crippen molar-refractivity contribution in [1.82, 2.24) is 9.80 Å². The van der Waals surface area contributed by atoms with E-state index >= 15 is 0 Å². The lowest BCUT2D eigenvalue weighted by atomic mass is 9.80. The van der Waals surface area contributed by atoms with Crippen LogP contribution in [-0.2, 0) is 11.3 Å². The monoisotopic (exact) mass is 546 g/mol. The molecule has 2 aliphatic heterocycles. The van der Waals surface area contributed by atoms with Gasteiger partial charge in [-0.3, -0.25) is 9.80 Å². The Balaban J connectivity index is 1.23. The van der Waals surface area contributed by atoms with Gasteiger partial charge in [-0.05, 0) is 41.2 Å². The zero-order valence-electron chi connectivity index (χ0n) is 24.3. The van der Waals surface area contributed by atoms with Gasteiger partial charge in [-0.2, -0.15) is 0 Å². The number of nitrogens with zero attached hydrogens (tertiary/aromatic N) is 2. The fourth-order valence-corrected chi connectivity index (χ4v) is 6.64. The van der Waals surface area contributed by atoms with Gasteiger partial charge in [0.1, 0.15) is 11.9 Å². The summed E-state index contributed by atoms with van der Waals surface area (Å²) in [6.45, 7) is 8.01. The second-order valence-electron chi connectivity index (χ2n) is 11.9. The van der Waals surface area contributed by atoms with Gasteiger partial charge in [0.2, 0.25) is 0 Å². The van der Waals surface area contributed by atoms with E-state index in [1.165, 1.54) is 16.7 Å². The summed E-state index contributed by atoms with van der Waals surface area (Å²) in [5.74, 6) is 1.54. The van der Waals surface area contributed by atoms with Crippen LogP contribution >= 0.6 is 0 Å². The first-order chi connectivity index (χ1) is 20.2. The third-order valence-electron chi connectivity index (χ3n) is 8.59. The maximum Gasteiger partial charge on any atom is 0.131 e. The van der Waals surface area contributed by atoms with Crippen molar-refractivity contribution in [2.75, 3.05) is 19.7 Å². The van der Waals surface area contributed by atoms with Crippen LogP contribution in [0.15, 0.2) is 121 Å². The largest absolute Gasteiger partial charge is 0.487 e. The molecular formula is C37H42N2O2. The van der Waals surface area contributed by atoms with E-state index in [1.54, 1.807) is 0 Å². The number of hydrogen-bond acceptors (Lipinski definition) is 4. The lowest BCUT2D eigenvalue weighted by molar-refractivity contribution is -0.156. The van der Waals surface area contributed by atoms with E-state index in [0.717, 1.165) is 31.9 Å². The molecule has 0 spiro atoms. The summed E-state index contributed by atoms with van der Waals surface area (Å²) in [5.41, 5.74) is 3.95. The van der Waals surface area contributed by atoms with Crippen LogP contribution in [0, 0.1) is 5.92 Å². The van der Waals surface area contributed by atoms with Crippen LogP contribution in [0.4, 0.5) is 0 Å². The Morgan fingerprint density at radius 3 is 1.85 bits per heavy atom. The molecule has 0 aliphatic carbocycles. The molecule has 5 atom stereocenters.